The minimum absolute atomic E-state index is 0.190. The second kappa shape index (κ2) is 20.2. The third-order valence-corrected chi connectivity index (χ3v) is 6.94. The van der Waals surface area contributed by atoms with Gasteiger partial charge in [-0.05, 0) is 60.8 Å². The van der Waals surface area contributed by atoms with E-state index in [2.05, 4.69) is 11.7 Å². The molecule has 0 saturated heterocycles. The number of unbranched alkanes of at least 4 members (excludes halogenated alkanes) is 7. The molecule has 39 heavy (non-hydrogen) atoms. The highest BCUT2D eigenvalue weighted by Gasteiger charge is 2.36. The summed E-state index contributed by atoms with van der Waals surface area (Å²) in [5.74, 6) is -0.190. The van der Waals surface area contributed by atoms with Gasteiger partial charge in [0.1, 0.15) is 12.2 Å². The maximum absolute atomic E-state index is 11.4. The van der Waals surface area contributed by atoms with Crippen LogP contribution in [0.25, 0.3) is 0 Å². The number of rotatable bonds is 24. The van der Waals surface area contributed by atoms with E-state index in [9.17, 15) is 25.2 Å². The smallest absolute Gasteiger partial charge is 0.305 e. The molecule has 0 aromatic carbocycles. The van der Waals surface area contributed by atoms with Gasteiger partial charge in [0, 0.05) is 19.3 Å². The van der Waals surface area contributed by atoms with Crippen molar-refractivity contribution in [3.8, 4) is 0 Å². The minimum atomic E-state index is -1.15. The van der Waals surface area contributed by atoms with E-state index in [-0.39, 0.29) is 18.2 Å². The Kier molecular flexibility index (Phi) is 19.8. The normalized spacial score (nSPS) is 17.3. The molecule has 0 amide bonds. The fourth-order valence-electron chi connectivity index (χ4n) is 5.20. The van der Waals surface area contributed by atoms with E-state index in [1.165, 1.54) is 7.11 Å². The van der Waals surface area contributed by atoms with Gasteiger partial charge < -0.3 is 34.6 Å². The average Bonchev–Trinajstić information content (AvgIpc) is 2.81. The monoisotopic (exact) mass is 562 g/mol. The first-order chi connectivity index (χ1) is 18.1. The molecule has 0 aromatic rings. The van der Waals surface area contributed by atoms with Crippen molar-refractivity contribution in [2.75, 3.05) is 7.11 Å². The van der Waals surface area contributed by atoms with E-state index in [1.54, 1.807) is 27.7 Å². The van der Waals surface area contributed by atoms with Gasteiger partial charge in [-0.1, -0.05) is 58.3 Å². The van der Waals surface area contributed by atoms with Gasteiger partial charge in [0.25, 0.3) is 0 Å². The van der Waals surface area contributed by atoms with Gasteiger partial charge in [-0.15, -0.1) is 0 Å². The van der Waals surface area contributed by atoms with Crippen molar-refractivity contribution < 1.29 is 39.4 Å². The summed E-state index contributed by atoms with van der Waals surface area (Å²) in [6.45, 7) is 12.8. The number of esters is 1. The quantitative estimate of drug-likeness (QED) is 0.0904. The van der Waals surface area contributed by atoms with Gasteiger partial charge in [0.05, 0.1) is 42.7 Å². The largest absolute Gasteiger partial charge is 0.469 e. The van der Waals surface area contributed by atoms with Gasteiger partial charge in [0.2, 0.25) is 0 Å². The number of aliphatic hydroxyl groups is 4. The number of methoxy groups -OCH3 is 1. The lowest BCUT2D eigenvalue weighted by Gasteiger charge is -2.36. The molecule has 6 unspecified atom stereocenters. The minimum Gasteiger partial charge on any atom is -0.469 e. The van der Waals surface area contributed by atoms with Crippen LogP contribution in [0.1, 0.15) is 138 Å². The van der Waals surface area contributed by atoms with Gasteiger partial charge in [-0.3, -0.25) is 4.79 Å². The average molecular weight is 563 g/mol. The lowest BCUT2D eigenvalue weighted by atomic mass is 9.94. The molecule has 0 bridgehead atoms. The molecule has 4 N–H and O–H groups in total. The second-order valence-electron chi connectivity index (χ2n) is 12.7. The molecule has 0 saturated carbocycles. The Morgan fingerprint density at radius 1 is 0.692 bits per heavy atom. The fraction of sp³-hybridized carbons (Fsp3) is 0.968. The highest BCUT2D eigenvalue weighted by atomic mass is 16.5. The van der Waals surface area contributed by atoms with Crippen molar-refractivity contribution in [1.82, 2.24) is 0 Å². The lowest BCUT2D eigenvalue weighted by molar-refractivity contribution is -0.170. The molecule has 6 atom stereocenters. The summed E-state index contributed by atoms with van der Waals surface area (Å²) in [4.78, 5) is 11.3. The van der Waals surface area contributed by atoms with Crippen LogP contribution in [0.5, 0.6) is 0 Å². The van der Waals surface area contributed by atoms with Crippen molar-refractivity contribution >= 4 is 5.97 Å². The molecule has 0 heterocycles. The lowest BCUT2D eigenvalue weighted by Crippen LogP contribution is -2.48. The van der Waals surface area contributed by atoms with E-state index >= 15 is 0 Å². The van der Waals surface area contributed by atoms with Crippen molar-refractivity contribution in [3.05, 3.63) is 0 Å². The molecule has 234 valence electrons. The topological polar surface area (TPSA) is 126 Å². The van der Waals surface area contributed by atoms with Crippen LogP contribution in [0.2, 0.25) is 0 Å². The zero-order valence-corrected chi connectivity index (χ0v) is 26.3. The van der Waals surface area contributed by atoms with Crippen LogP contribution in [0.15, 0.2) is 0 Å². The molecule has 0 radical (unpaired) electrons. The van der Waals surface area contributed by atoms with Gasteiger partial charge in [-0.2, -0.15) is 0 Å². The van der Waals surface area contributed by atoms with Crippen molar-refractivity contribution in [2.24, 2.45) is 0 Å². The molecule has 0 aliphatic rings. The number of carbonyl (C=O) groups excluding carboxylic acids is 1. The molecule has 0 spiro atoms. The number of carbonyl (C=O) groups is 1. The van der Waals surface area contributed by atoms with Crippen LogP contribution in [-0.4, -0.2) is 81.3 Å². The fourth-order valence-corrected chi connectivity index (χ4v) is 5.20. The SMILES string of the molecule is CCCCCCC(OC(C)CC(C)(C)O)C(O)C(O)C(CCCCCCCC(=O)OC)OC(C)CC(C)(C)O. The maximum atomic E-state index is 11.4. The summed E-state index contributed by atoms with van der Waals surface area (Å²) in [6, 6.07) is 0. The van der Waals surface area contributed by atoms with Gasteiger partial charge in [0.15, 0.2) is 0 Å². The Bertz CT molecular complexity index is 613. The maximum Gasteiger partial charge on any atom is 0.305 e. The molecule has 8 heteroatoms. The second-order valence-corrected chi connectivity index (χ2v) is 12.7. The molecule has 0 fully saturated rings. The van der Waals surface area contributed by atoms with Crippen LogP contribution in [0.4, 0.5) is 0 Å². The summed E-state index contributed by atoms with van der Waals surface area (Å²) in [5, 5.41) is 43.2. The Balaban J connectivity index is 5.34. The van der Waals surface area contributed by atoms with Gasteiger partial charge in [-0.25, -0.2) is 0 Å². The third-order valence-electron chi connectivity index (χ3n) is 6.94. The number of hydrogen-bond donors (Lipinski definition) is 4. The number of aliphatic hydroxyl groups excluding tert-OH is 2. The van der Waals surface area contributed by atoms with Crippen LogP contribution < -0.4 is 0 Å². The predicted molar refractivity (Wildman–Crippen MR) is 156 cm³/mol. The molecule has 0 rings (SSSR count). The van der Waals surface area contributed by atoms with E-state index in [1.807, 2.05) is 13.8 Å². The van der Waals surface area contributed by atoms with Crippen LogP contribution >= 0.6 is 0 Å². The first-order valence-electron chi connectivity index (χ1n) is 15.3. The van der Waals surface area contributed by atoms with Crippen molar-refractivity contribution in [3.63, 3.8) is 0 Å². The Hall–Kier alpha value is -0.770. The highest BCUT2D eigenvalue weighted by molar-refractivity contribution is 5.68. The van der Waals surface area contributed by atoms with Crippen molar-refractivity contribution in [2.45, 2.75) is 186 Å². The number of hydrogen-bond acceptors (Lipinski definition) is 8. The summed E-state index contributed by atoms with van der Waals surface area (Å²) >= 11 is 0. The Morgan fingerprint density at radius 2 is 1.08 bits per heavy atom. The zero-order chi connectivity index (χ0) is 30.1. The van der Waals surface area contributed by atoms with E-state index in [4.69, 9.17) is 9.47 Å². The molecule has 8 nitrogen and oxygen atoms in total. The van der Waals surface area contributed by atoms with Crippen LogP contribution in [0, 0.1) is 0 Å². The zero-order valence-electron chi connectivity index (χ0n) is 26.3. The van der Waals surface area contributed by atoms with E-state index < -0.39 is 35.6 Å². The predicted octanol–water partition coefficient (Wildman–Crippen LogP) is 5.45. The third kappa shape index (κ3) is 20.7. The Labute approximate surface area is 238 Å². The Morgan fingerprint density at radius 3 is 1.46 bits per heavy atom. The molecule has 0 aromatic heterocycles. The summed E-state index contributed by atoms with van der Waals surface area (Å²) in [7, 11) is 1.40. The van der Waals surface area contributed by atoms with Gasteiger partial charge >= 0.3 is 5.97 Å². The first-order valence-corrected chi connectivity index (χ1v) is 15.3. The first kappa shape index (κ1) is 38.2. The molecule has 0 aliphatic carbocycles. The van der Waals surface area contributed by atoms with Crippen LogP contribution in [0.3, 0.4) is 0 Å². The van der Waals surface area contributed by atoms with E-state index in [0.29, 0.717) is 32.1 Å². The number of ether oxygens (including phenoxy) is 3. The summed E-state index contributed by atoms with van der Waals surface area (Å²) < 4.78 is 17.1. The summed E-state index contributed by atoms with van der Waals surface area (Å²) in [5.41, 5.74) is -1.81. The molecular formula is C31H62O8. The van der Waals surface area contributed by atoms with Crippen LogP contribution in [-0.2, 0) is 19.0 Å². The standard InChI is InChI=1S/C31H62O8/c1-9-10-11-15-18-25(38-23(2)21-30(4,5)35)28(33)29(34)26(39-24(3)22-31(6,7)36)19-16-13-12-14-17-20-27(32)37-8/h23-26,28-29,33-36H,9-22H2,1-8H3. The van der Waals surface area contributed by atoms with Crippen molar-refractivity contribution in [1.29, 1.82) is 0 Å². The highest BCUT2D eigenvalue weighted by Crippen LogP contribution is 2.25. The molecular weight excluding hydrogens is 500 g/mol. The molecule has 0 aliphatic heterocycles. The summed E-state index contributed by atoms with van der Waals surface area (Å²) in [6.07, 6.45) is 6.83. The van der Waals surface area contributed by atoms with E-state index in [0.717, 1.165) is 57.8 Å².